The number of nitrogens with zero attached hydrogens (tertiary/aromatic N) is 2. The van der Waals surface area contributed by atoms with Gasteiger partial charge < -0.3 is 5.32 Å². The Balaban J connectivity index is 1.54. The molecule has 0 saturated carbocycles. The molecule has 1 aliphatic heterocycles. The van der Waals surface area contributed by atoms with Crippen molar-refractivity contribution < 1.29 is 4.79 Å². The van der Waals surface area contributed by atoms with Gasteiger partial charge in [0.05, 0.1) is 6.04 Å². The first-order valence-electron chi connectivity index (χ1n) is 10.5. The monoisotopic (exact) mass is 379 g/mol. The minimum Gasteiger partial charge on any atom is -0.324 e. The number of anilines is 1. The molecule has 0 aliphatic carbocycles. The SMILES string of the molecule is CC[C@@H](C)c1ccccc1NC(=O)[C@H](C)N1CCN(Cc2ccccc2)CC1. The van der Waals surface area contributed by atoms with Gasteiger partial charge in [-0.25, -0.2) is 0 Å². The van der Waals surface area contributed by atoms with E-state index >= 15 is 0 Å². The summed E-state index contributed by atoms with van der Waals surface area (Å²) >= 11 is 0. The van der Waals surface area contributed by atoms with Crippen LogP contribution in [-0.4, -0.2) is 47.9 Å². The van der Waals surface area contributed by atoms with Gasteiger partial charge in [-0.2, -0.15) is 0 Å². The summed E-state index contributed by atoms with van der Waals surface area (Å²) in [4.78, 5) is 17.6. The van der Waals surface area contributed by atoms with Crippen molar-refractivity contribution in [2.24, 2.45) is 0 Å². The summed E-state index contributed by atoms with van der Waals surface area (Å²) in [6.07, 6.45) is 1.06. The van der Waals surface area contributed by atoms with Gasteiger partial charge in [0.25, 0.3) is 0 Å². The second kappa shape index (κ2) is 9.85. The Morgan fingerprint density at radius 3 is 2.29 bits per heavy atom. The third kappa shape index (κ3) is 5.21. The van der Waals surface area contributed by atoms with Crippen LogP contribution in [0.5, 0.6) is 0 Å². The van der Waals surface area contributed by atoms with E-state index in [-0.39, 0.29) is 11.9 Å². The molecular weight excluding hydrogens is 346 g/mol. The lowest BCUT2D eigenvalue weighted by molar-refractivity contribution is -0.121. The van der Waals surface area contributed by atoms with E-state index in [0.29, 0.717) is 5.92 Å². The van der Waals surface area contributed by atoms with Crippen molar-refractivity contribution in [3.8, 4) is 0 Å². The summed E-state index contributed by atoms with van der Waals surface area (Å²) in [6.45, 7) is 11.2. The molecule has 1 heterocycles. The summed E-state index contributed by atoms with van der Waals surface area (Å²) in [5.41, 5.74) is 3.53. The summed E-state index contributed by atoms with van der Waals surface area (Å²) in [7, 11) is 0. The number of amides is 1. The maximum atomic E-state index is 12.9. The van der Waals surface area contributed by atoms with E-state index in [1.165, 1.54) is 11.1 Å². The minimum absolute atomic E-state index is 0.0901. The van der Waals surface area contributed by atoms with Crippen LogP contribution in [0.4, 0.5) is 5.69 Å². The molecule has 0 radical (unpaired) electrons. The van der Waals surface area contributed by atoms with E-state index in [9.17, 15) is 4.79 Å². The van der Waals surface area contributed by atoms with Crippen molar-refractivity contribution in [1.29, 1.82) is 0 Å². The number of carbonyl (C=O) groups is 1. The molecule has 2 aromatic rings. The van der Waals surface area contributed by atoms with Gasteiger partial charge >= 0.3 is 0 Å². The first-order valence-corrected chi connectivity index (χ1v) is 10.5. The van der Waals surface area contributed by atoms with Crippen LogP contribution >= 0.6 is 0 Å². The molecule has 4 heteroatoms. The van der Waals surface area contributed by atoms with Crippen LogP contribution in [0.2, 0.25) is 0 Å². The fraction of sp³-hybridized carbons (Fsp3) is 0.458. The van der Waals surface area contributed by atoms with Crippen LogP contribution in [0.15, 0.2) is 54.6 Å². The highest BCUT2D eigenvalue weighted by Crippen LogP contribution is 2.26. The summed E-state index contributed by atoms with van der Waals surface area (Å²) < 4.78 is 0. The summed E-state index contributed by atoms with van der Waals surface area (Å²) in [6, 6.07) is 18.7. The molecule has 1 N–H and O–H groups in total. The number of piperazine rings is 1. The number of nitrogens with one attached hydrogen (secondary N) is 1. The Morgan fingerprint density at radius 2 is 1.61 bits per heavy atom. The Morgan fingerprint density at radius 1 is 0.964 bits per heavy atom. The van der Waals surface area contributed by atoms with Crippen molar-refractivity contribution in [2.45, 2.75) is 45.7 Å². The molecule has 0 bridgehead atoms. The number of para-hydroxylation sites is 1. The van der Waals surface area contributed by atoms with Crippen LogP contribution in [0.3, 0.4) is 0 Å². The Bertz CT molecular complexity index is 753. The average Bonchev–Trinajstić information content (AvgIpc) is 2.74. The normalized spacial score (nSPS) is 17.8. The van der Waals surface area contributed by atoms with Crippen molar-refractivity contribution >= 4 is 11.6 Å². The van der Waals surface area contributed by atoms with Gasteiger partial charge in [0.1, 0.15) is 0 Å². The molecule has 0 aromatic heterocycles. The van der Waals surface area contributed by atoms with E-state index in [0.717, 1.165) is 44.8 Å². The highest BCUT2D eigenvalue weighted by molar-refractivity contribution is 5.95. The molecule has 1 fully saturated rings. The molecular formula is C24H33N3O. The Hall–Kier alpha value is -2.17. The number of hydrogen-bond donors (Lipinski definition) is 1. The van der Waals surface area contributed by atoms with E-state index in [2.05, 4.69) is 65.4 Å². The van der Waals surface area contributed by atoms with Gasteiger partial charge in [-0.1, -0.05) is 62.4 Å². The van der Waals surface area contributed by atoms with Crippen LogP contribution in [0.25, 0.3) is 0 Å². The van der Waals surface area contributed by atoms with Gasteiger partial charge in [0.15, 0.2) is 0 Å². The fourth-order valence-electron chi connectivity index (χ4n) is 3.81. The van der Waals surface area contributed by atoms with Crippen molar-refractivity contribution in [3.05, 3.63) is 65.7 Å². The average molecular weight is 380 g/mol. The van der Waals surface area contributed by atoms with Crippen molar-refractivity contribution in [2.75, 3.05) is 31.5 Å². The third-order valence-corrected chi connectivity index (χ3v) is 5.95. The number of hydrogen-bond acceptors (Lipinski definition) is 3. The molecule has 1 aliphatic rings. The van der Waals surface area contributed by atoms with Gasteiger partial charge in [0, 0.05) is 38.4 Å². The molecule has 3 rings (SSSR count). The third-order valence-electron chi connectivity index (χ3n) is 5.95. The standard InChI is InChI=1S/C24H33N3O/c1-4-19(2)22-12-8-9-13-23(22)25-24(28)20(3)27-16-14-26(15-17-27)18-21-10-6-5-7-11-21/h5-13,19-20H,4,14-18H2,1-3H3,(H,25,28)/t19-,20+/m1/s1. The maximum Gasteiger partial charge on any atom is 0.241 e. The topological polar surface area (TPSA) is 35.6 Å². The van der Waals surface area contributed by atoms with E-state index in [4.69, 9.17) is 0 Å². The first-order chi connectivity index (χ1) is 13.6. The smallest absolute Gasteiger partial charge is 0.241 e. The van der Waals surface area contributed by atoms with E-state index < -0.39 is 0 Å². The second-order valence-corrected chi connectivity index (χ2v) is 7.86. The second-order valence-electron chi connectivity index (χ2n) is 7.86. The summed E-state index contributed by atoms with van der Waals surface area (Å²) in [5.74, 6) is 0.528. The molecule has 1 amide bonds. The largest absolute Gasteiger partial charge is 0.324 e. The van der Waals surface area contributed by atoms with E-state index in [1.54, 1.807) is 0 Å². The van der Waals surface area contributed by atoms with Gasteiger partial charge in [-0.05, 0) is 36.5 Å². The molecule has 0 unspecified atom stereocenters. The van der Waals surface area contributed by atoms with Crippen molar-refractivity contribution in [1.82, 2.24) is 9.80 Å². The van der Waals surface area contributed by atoms with Gasteiger partial charge in [0.2, 0.25) is 5.91 Å². The zero-order valence-corrected chi connectivity index (χ0v) is 17.4. The molecule has 2 atom stereocenters. The highest BCUT2D eigenvalue weighted by atomic mass is 16.2. The zero-order valence-electron chi connectivity index (χ0n) is 17.4. The Labute approximate surface area is 169 Å². The number of rotatable bonds is 7. The molecule has 28 heavy (non-hydrogen) atoms. The van der Waals surface area contributed by atoms with Crippen molar-refractivity contribution in [3.63, 3.8) is 0 Å². The van der Waals surface area contributed by atoms with Crippen LogP contribution in [0.1, 0.15) is 44.2 Å². The fourth-order valence-corrected chi connectivity index (χ4v) is 3.81. The van der Waals surface area contributed by atoms with Crippen LogP contribution in [0, 0.1) is 0 Å². The quantitative estimate of drug-likeness (QED) is 0.777. The predicted molar refractivity (Wildman–Crippen MR) is 117 cm³/mol. The first kappa shape index (κ1) is 20.6. The Kier molecular flexibility index (Phi) is 7.24. The lowest BCUT2D eigenvalue weighted by Crippen LogP contribution is -2.52. The number of benzene rings is 2. The van der Waals surface area contributed by atoms with Gasteiger partial charge in [-0.3, -0.25) is 14.6 Å². The zero-order chi connectivity index (χ0) is 19.9. The highest BCUT2D eigenvalue weighted by Gasteiger charge is 2.26. The lowest BCUT2D eigenvalue weighted by Gasteiger charge is -2.37. The molecule has 150 valence electrons. The summed E-state index contributed by atoms with van der Waals surface area (Å²) in [5, 5.41) is 3.18. The minimum atomic E-state index is -0.121. The lowest BCUT2D eigenvalue weighted by atomic mass is 9.97. The van der Waals surface area contributed by atoms with Gasteiger partial charge in [-0.15, -0.1) is 0 Å². The van der Waals surface area contributed by atoms with Crippen LogP contribution < -0.4 is 5.32 Å². The van der Waals surface area contributed by atoms with Crippen LogP contribution in [-0.2, 0) is 11.3 Å². The molecule has 4 nitrogen and oxygen atoms in total. The maximum absolute atomic E-state index is 12.9. The van der Waals surface area contributed by atoms with E-state index in [1.807, 2.05) is 25.1 Å². The predicted octanol–water partition coefficient (Wildman–Crippen LogP) is 4.34. The molecule has 1 saturated heterocycles. The molecule has 0 spiro atoms. The number of carbonyl (C=O) groups excluding carboxylic acids is 1. The molecule has 2 aromatic carbocycles.